The zero-order valence-electron chi connectivity index (χ0n) is 9.84. The topological polar surface area (TPSA) is 56.5 Å². The van der Waals surface area contributed by atoms with Gasteiger partial charge in [0.25, 0.3) is 0 Å². The second kappa shape index (κ2) is 5.64. The van der Waals surface area contributed by atoms with E-state index in [1.807, 2.05) is 0 Å². The fourth-order valence-electron chi connectivity index (χ4n) is 1.48. The van der Waals surface area contributed by atoms with Gasteiger partial charge in [-0.2, -0.15) is 5.10 Å². The molecule has 0 aliphatic carbocycles. The first kappa shape index (κ1) is 12.6. The minimum absolute atomic E-state index is 0.228. The van der Waals surface area contributed by atoms with Crippen LogP contribution in [0.1, 0.15) is 18.9 Å². The molecular formula is C12H12ClN3O2. The molecule has 0 atom stereocenters. The molecule has 0 radical (unpaired) electrons. The number of hydrogen-bond donors (Lipinski definition) is 0. The van der Waals surface area contributed by atoms with Gasteiger partial charge in [-0.15, -0.1) is 0 Å². The fourth-order valence-corrected chi connectivity index (χ4v) is 1.62. The number of ether oxygens (including phenoxy) is 1. The predicted octanol–water partition coefficient (Wildman–Crippen LogP) is 2.35. The number of carbonyl (C=O) groups excluding carboxylic acids is 1. The first-order chi connectivity index (χ1) is 8.70. The van der Waals surface area contributed by atoms with Gasteiger partial charge < -0.3 is 4.74 Å². The van der Waals surface area contributed by atoms with Crippen LogP contribution in [0.3, 0.4) is 0 Å². The van der Waals surface area contributed by atoms with Gasteiger partial charge in [0, 0.05) is 11.8 Å². The van der Waals surface area contributed by atoms with Gasteiger partial charge in [-0.3, -0.25) is 4.79 Å². The lowest BCUT2D eigenvalue weighted by Crippen LogP contribution is -2.01. The van der Waals surface area contributed by atoms with E-state index in [4.69, 9.17) is 16.3 Å². The van der Waals surface area contributed by atoms with Gasteiger partial charge in [-0.1, -0.05) is 23.8 Å². The van der Waals surface area contributed by atoms with Crippen molar-refractivity contribution in [2.75, 3.05) is 6.61 Å². The molecular weight excluding hydrogens is 254 g/mol. The molecule has 6 heteroatoms. The van der Waals surface area contributed by atoms with E-state index in [1.165, 1.54) is 0 Å². The highest BCUT2D eigenvalue weighted by Gasteiger charge is 2.03. The smallest absolute Gasteiger partial charge is 0.309 e. The van der Waals surface area contributed by atoms with Crippen molar-refractivity contribution in [3.8, 4) is 0 Å². The highest BCUT2D eigenvalue weighted by atomic mass is 35.5. The van der Waals surface area contributed by atoms with E-state index < -0.39 is 0 Å². The number of carbonyl (C=O) groups is 1. The van der Waals surface area contributed by atoms with Crippen LogP contribution in [0, 0.1) is 0 Å². The summed E-state index contributed by atoms with van der Waals surface area (Å²) >= 11 is 5.82. The number of nitrogens with zero attached hydrogens (tertiary/aromatic N) is 3. The predicted molar refractivity (Wildman–Crippen MR) is 68.3 cm³/mol. The van der Waals surface area contributed by atoms with Gasteiger partial charge >= 0.3 is 5.97 Å². The quantitative estimate of drug-likeness (QED) is 0.629. The van der Waals surface area contributed by atoms with E-state index in [2.05, 4.69) is 10.1 Å². The Labute approximate surface area is 109 Å². The van der Waals surface area contributed by atoms with Gasteiger partial charge in [-0.25, -0.2) is 9.50 Å². The molecule has 0 saturated carbocycles. The lowest BCUT2D eigenvalue weighted by molar-refractivity contribution is -0.142. The summed E-state index contributed by atoms with van der Waals surface area (Å²) in [4.78, 5) is 15.3. The summed E-state index contributed by atoms with van der Waals surface area (Å²) in [5.41, 5.74) is 1.46. The van der Waals surface area contributed by atoms with Gasteiger partial charge in [0.15, 0.2) is 5.65 Å². The van der Waals surface area contributed by atoms with E-state index >= 15 is 0 Å². The summed E-state index contributed by atoms with van der Waals surface area (Å²) < 4.78 is 6.44. The molecule has 2 aromatic heterocycles. The molecule has 2 heterocycles. The number of hydrogen-bond acceptors (Lipinski definition) is 4. The second-order valence-corrected chi connectivity index (χ2v) is 3.92. The van der Waals surface area contributed by atoms with E-state index in [9.17, 15) is 4.79 Å². The summed E-state index contributed by atoms with van der Waals surface area (Å²) in [6.45, 7) is 2.17. The first-order valence-electron chi connectivity index (χ1n) is 5.52. The Bertz CT molecular complexity index is 592. The van der Waals surface area contributed by atoms with Crippen LogP contribution in [0.2, 0.25) is 5.15 Å². The average Bonchev–Trinajstić information content (AvgIpc) is 2.72. The van der Waals surface area contributed by atoms with Crippen LogP contribution in [0.25, 0.3) is 11.7 Å². The monoisotopic (exact) mass is 265 g/mol. The van der Waals surface area contributed by atoms with Crippen molar-refractivity contribution in [2.45, 2.75) is 13.3 Å². The van der Waals surface area contributed by atoms with E-state index in [0.29, 0.717) is 17.4 Å². The second-order valence-electron chi connectivity index (χ2n) is 3.53. The van der Waals surface area contributed by atoms with Crippen molar-refractivity contribution < 1.29 is 9.53 Å². The zero-order valence-corrected chi connectivity index (χ0v) is 10.6. The summed E-state index contributed by atoms with van der Waals surface area (Å²) in [6.07, 6.45) is 7.12. The minimum atomic E-state index is -0.254. The van der Waals surface area contributed by atoms with Crippen LogP contribution >= 0.6 is 11.6 Å². The third-order valence-electron chi connectivity index (χ3n) is 2.25. The van der Waals surface area contributed by atoms with Crippen LogP contribution in [-0.4, -0.2) is 27.2 Å². The van der Waals surface area contributed by atoms with E-state index in [0.717, 1.165) is 5.56 Å². The van der Waals surface area contributed by atoms with E-state index in [1.54, 1.807) is 42.1 Å². The molecule has 5 nitrogen and oxygen atoms in total. The maximum absolute atomic E-state index is 11.2. The molecule has 94 valence electrons. The van der Waals surface area contributed by atoms with Crippen LogP contribution in [0.5, 0.6) is 0 Å². The molecule has 0 aliphatic heterocycles. The molecule has 0 N–H and O–H groups in total. The summed E-state index contributed by atoms with van der Waals surface area (Å²) in [5.74, 6) is -0.254. The highest BCUT2D eigenvalue weighted by Crippen LogP contribution is 2.13. The van der Waals surface area contributed by atoms with Crippen molar-refractivity contribution in [2.24, 2.45) is 0 Å². The number of rotatable bonds is 4. The summed E-state index contributed by atoms with van der Waals surface area (Å²) in [6, 6.07) is 1.66. The minimum Gasteiger partial charge on any atom is -0.466 e. The summed E-state index contributed by atoms with van der Waals surface area (Å²) in [5, 5.41) is 4.53. The molecule has 0 bridgehead atoms. The van der Waals surface area contributed by atoms with Crippen molar-refractivity contribution >= 4 is 29.3 Å². The van der Waals surface area contributed by atoms with Crippen molar-refractivity contribution in [3.05, 3.63) is 35.3 Å². The van der Waals surface area contributed by atoms with Crippen LogP contribution in [0.4, 0.5) is 0 Å². The highest BCUT2D eigenvalue weighted by molar-refractivity contribution is 6.29. The van der Waals surface area contributed by atoms with Gasteiger partial charge in [0.05, 0.1) is 19.2 Å². The number of esters is 1. The maximum atomic E-state index is 11.2. The molecule has 18 heavy (non-hydrogen) atoms. The van der Waals surface area contributed by atoms with Crippen molar-refractivity contribution in [1.82, 2.24) is 14.6 Å². The molecule has 0 aromatic carbocycles. The molecule has 0 aliphatic rings. The fraction of sp³-hybridized carbons (Fsp3) is 0.250. The Hall–Kier alpha value is -1.88. The zero-order chi connectivity index (χ0) is 13.0. The molecule has 0 spiro atoms. The van der Waals surface area contributed by atoms with Crippen molar-refractivity contribution in [1.29, 1.82) is 0 Å². The Morgan fingerprint density at radius 3 is 3.22 bits per heavy atom. The van der Waals surface area contributed by atoms with Crippen LogP contribution < -0.4 is 0 Å². The van der Waals surface area contributed by atoms with E-state index in [-0.39, 0.29) is 12.4 Å². The SMILES string of the molecule is CCOC(=O)CC=Cc1cnn2ccc(Cl)nc12. The third kappa shape index (κ3) is 2.87. The van der Waals surface area contributed by atoms with Crippen LogP contribution in [-0.2, 0) is 9.53 Å². The van der Waals surface area contributed by atoms with Gasteiger partial charge in [0.2, 0.25) is 0 Å². The Morgan fingerprint density at radius 2 is 2.44 bits per heavy atom. The Balaban J connectivity index is 2.14. The Kier molecular flexibility index (Phi) is 3.94. The van der Waals surface area contributed by atoms with Crippen LogP contribution in [0.15, 0.2) is 24.5 Å². The number of aromatic nitrogens is 3. The van der Waals surface area contributed by atoms with Crippen molar-refractivity contribution in [3.63, 3.8) is 0 Å². The maximum Gasteiger partial charge on any atom is 0.309 e. The standard InChI is InChI=1S/C12H12ClN3O2/c1-2-18-11(17)5-3-4-9-8-14-16-7-6-10(13)15-12(9)16/h3-4,6-8H,2,5H2,1H3. The molecule has 0 amide bonds. The summed E-state index contributed by atoms with van der Waals surface area (Å²) in [7, 11) is 0. The third-order valence-corrected chi connectivity index (χ3v) is 2.46. The molecule has 2 aromatic rings. The average molecular weight is 266 g/mol. The first-order valence-corrected chi connectivity index (χ1v) is 5.90. The Morgan fingerprint density at radius 1 is 1.61 bits per heavy atom. The molecule has 0 fully saturated rings. The number of halogens is 1. The van der Waals surface area contributed by atoms with Gasteiger partial charge in [-0.05, 0) is 13.0 Å². The molecule has 2 rings (SSSR count). The lowest BCUT2D eigenvalue weighted by atomic mass is 10.3. The normalized spacial score (nSPS) is 11.2. The van der Waals surface area contributed by atoms with Gasteiger partial charge in [0.1, 0.15) is 5.15 Å². The molecule has 0 unspecified atom stereocenters. The largest absolute Gasteiger partial charge is 0.466 e. The lowest BCUT2D eigenvalue weighted by Gasteiger charge is -1.96. The molecule has 0 saturated heterocycles. The number of fused-ring (bicyclic) bond motifs is 1.